The van der Waals surface area contributed by atoms with E-state index in [1.807, 2.05) is 13.1 Å². The fraction of sp³-hybridized carbons (Fsp3) is 0.333. The molecule has 1 unspecified atom stereocenters. The van der Waals surface area contributed by atoms with Gasteiger partial charge in [-0.2, -0.15) is 0 Å². The fourth-order valence-electron chi connectivity index (χ4n) is 1.78. The number of carbonyl (C=O) groups excluding carboxylic acids is 1. The van der Waals surface area contributed by atoms with Crippen molar-refractivity contribution < 1.29 is 9.53 Å². The maximum Gasteiger partial charge on any atom is 0.258 e. The van der Waals surface area contributed by atoms with E-state index in [-0.39, 0.29) is 18.6 Å². The smallest absolute Gasteiger partial charge is 0.258 e. The number of nitrogens with one attached hydrogen (secondary N) is 1. The van der Waals surface area contributed by atoms with E-state index in [4.69, 9.17) is 10.5 Å². The number of hydrogen-bond donors (Lipinski definition) is 2. The predicted molar refractivity (Wildman–Crippen MR) is 84.4 cm³/mol. The van der Waals surface area contributed by atoms with E-state index in [0.717, 1.165) is 11.4 Å². The number of nitrogen functional groups attached to an aromatic ring is 1. The van der Waals surface area contributed by atoms with E-state index in [2.05, 4.69) is 17.2 Å². The van der Waals surface area contributed by atoms with Gasteiger partial charge >= 0.3 is 0 Å². The number of thiazole rings is 1. The van der Waals surface area contributed by atoms with Crippen molar-refractivity contribution in [3.05, 3.63) is 40.3 Å². The molecule has 0 spiro atoms. The van der Waals surface area contributed by atoms with Gasteiger partial charge in [-0.25, -0.2) is 4.98 Å². The van der Waals surface area contributed by atoms with Gasteiger partial charge in [-0.3, -0.25) is 4.79 Å². The number of aromatic nitrogens is 1. The maximum atomic E-state index is 11.9. The van der Waals surface area contributed by atoms with Gasteiger partial charge in [0.15, 0.2) is 6.61 Å². The van der Waals surface area contributed by atoms with Crippen molar-refractivity contribution in [1.82, 2.24) is 10.3 Å². The Kier molecular flexibility index (Phi) is 5.16. The number of amides is 1. The van der Waals surface area contributed by atoms with Gasteiger partial charge in [0.1, 0.15) is 10.8 Å². The predicted octanol–water partition coefficient (Wildman–Crippen LogP) is 2.54. The Morgan fingerprint density at radius 2 is 2.33 bits per heavy atom. The van der Waals surface area contributed by atoms with Gasteiger partial charge in [0.05, 0.1) is 6.04 Å². The van der Waals surface area contributed by atoms with Crippen molar-refractivity contribution in [2.75, 3.05) is 12.3 Å². The molecule has 0 aliphatic carbocycles. The van der Waals surface area contributed by atoms with Crippen LogP contribution < -0.4 is 15.8 Å². The van der Waals surface area contributed by atoms with Crippen LogP contribution in [0.5, 0.6) is 5.75 Å². The highest BCUT2D eigenvalue weighted by molar-refractivity contribution is 7.11. The van der Waals surface area contributed by atoms with Crippen LogP contribution >= 0.6 is 11.3 Å². The lowest BCUT2D eigenvalue weighted by atomic mass is 10.3. The van der Waals surface area contributed by atoms with Crippen molar-refractivity contribution in [3.63, 3.8) is 0 Å². The minimum absolute atomic E-state index is 0.0419. The van der Waals surface area contributed by atoms with Crippen LogP contribution in [0.15, 0.2) is 30.5 Å². The maximum absolute atomic E-state index is 11.9. The van der Waals surface area contributed by atoms with Crippen LogP contribution in [-0.4, -0.2) is 17.5 Å². The van der Waals surface area contributed by atoms with Crippen molar-refractivity contribution in [2.45, 2.75) is 26.3 Å². The molecule has 21 heavy (non-hydrogen) atoms. The van der Waals surface area contributed by atoms with Gasteiger partial charge in [0.2, 0.25) is 0 Å². The molecule has 5 nitrogen and oxygen atoms in total. The highest BCUT2D eigenvalue weighted by atomic mass is 32.1. The summed E-state index contributed by atoms with van der Waals surface area (Å²) in [5.41, 5.74) is 6.26. The molecule has 0 saturated carbocycles. The first kappa shape index (κ1) is 15.3. The summed E-state index contributed by atoms with van der Waals surface area (Å²) in [6.07, 6.45) is 2.81. The molecular formula is C15H19N3O2S. The van der Waals surface area contributed by atoms with Gasteiger partial charge in [-0.15, -0.1) is 11.3 Å². The summed E-state index contributed by atoms with van der Waals surface area (Å²) >= 11 is 1.62. The molecule has 2 aromatic rings. The Morgan fingerprint density at radius 3 is 3.00 bits per heavy atom. The number of benzene rings is 1. The number of nitrogens with two attached hydrogens (primary N) is 1. The SMILES string of the molecule is CCc1cnc(C(C)NC(=O)COc2cccc(N)c2)s1. The molecule has 6 heteroatoms. The van der Waals surface area contributed by atoms with Crippen molar-refractivity contribution in [1.29, 1.82) is 0 Å². The molecule has 112 valence electrons. The molecular weight excluding hydrogens is 286 g/mol. The summed E-state index contributed by atoms with van der Waals surface area (Å²) in [5, 5.41) is 3.78. The lowest BCUT2D eigenvalue weighted by Crippen LogP contribution is -2.31. The zero-order chi connectivity index (χ0) is 15.2. The number of aryl methyl sites for hydroxylation is 1. The zero-order valence-electron chi connectivity index (χ0n) is 12.1. The molecule has 0 aliphatic rings. The molecule has 0 aliphatic heterocycles. The lowest BCUT2D eigenvalue weighted by Gasteiger charge is -2.12. The lowest BCUT2D eigenvalue weighted by molar-refractivity contribution is -0.123. The summed E-state index contributed by atoms with van der Waals surface area (Å²) < 4.78 is 5.40. The number of carbonyl (C=O) groups is 1. The molecule has 1 atom stereocenters. The van der Waals surface area contributed by atoms with Crippen LogP contribution in [0.1, 0.15) is 29.8 Å². The average molecular weight is 305 g/mol. The molecule has 1 aromatic heterocycles. The molecule has 1 heterocycles. The van der Waals surface area contributed by atoms with E-state index in [1.54, 1.807) is 35.6 Å². The topological polar surface area (TPSA) is 77.2 Å². The third-order valence-electron chi connectivity index (χ3n) is 2.90. The number of rotatable bonds is 6. The number of hydrogen-bond acceptors (Lipinski definition) is 5. The molecule has 0 saturated heterocycles. The highest BCUT2D eigenvalue weighted by Crippen LogP contribution is 2.20. The minimum atomic E-state index is -0.182. The third kappa shape index (κ3) is 4.46. The number of nitrogens with zero attached hydrogens (tertiary/aromatic N) is 1. The molecule has 0 fully saturated rings. The quantitative estimate of drug-likeness (QED) is 0.804. The Hall–Kier alpha value is -2.08. The van der Waals surface area contributed by atoms with Crippen LogP contribution in [-0.2, 0) is 11.2 Å². The molecule has 0 bridgehead atoms. The zero-order valence-corrected chi connectivity index (χ0v) is 12.9. The van der Waals surface area contributed by atoms with Gasteiger partial charge in [-0.1, -0.05) is 13.0 Å². The summed E-state index contributed by atoms with van der Waals surface area (Å²) in [6.45, 7) is 3.95. The van der Waals surface area contributed by atoms with Crippen molar-refractivity contribution >= 4 is 22.9 Å². The van der Waals surface area contributed by atoms with Gasteiger partial charge < -0.3 is 15.8 Å². The van der Waals surface area contributed by atoms with E-state index in [1.165, 1.54) is 4.88 Å². The summed E-state index contributed by atoms with van der Waals surface area (Å²) in [6, 6.07) is 6.88. The highest BCUT2D eigenvalue weighted by Gasteiger charge is 2.13. The Balaban J connectivity index is 1.84. The number of ether oxygens (including phenoxy) is 1. The van der Waals surface area contributed by atoms with Gasteiger partial charge in [0.25, 0.3) is 5.91 Å². The van der Waals surface area contributed by atoms with Crippen molar-refractivity contribution in [3.8, 4) is 5.75 Å². The number of anilines is 1. The van der Waals surface area contributed by atoms with E-state index < -0.39 is 0 Å². The molecule has 1 amide bonds. The fourth-order valence-corrected chi connectivity index (χ4v) is 2.64. The van der Waals surface area contributed by atoms with Crippen LogP contribution in [0.4, 0.5) is 5.69 Å². The standard InChI is InChI=1S/C15H19N3O2S/c1-3-13-8-17-15(21-13)10(2)18-14(19)9-20-12-6-4-5-11(16)7-12/h4-8,10H,3,9,16H2,1-2H3,(H,18,19). The van der Waals surface area contributed by atoms with Gasteiger partial charge in [-0.05, 0) is 25.5 Å². The average Bonchev–Trinajstić information content (AvgIpc) is 2.94. The molecule has 1 aromatic carbocycles. The second-order valence-electron chi connectivity index (χ2n) is 4.67. The Morgan fingerprint density at radius 1 is 1.52 bits per heavy atom. The molecule has 2 rings (SSSR count). The summed E-state index contributed by atoms with van der Waals surface area (Å²) in [4.78, 5) is 17.4. The van der Waals surface area contributed by atoms with Crippen LogP contribution in [0.3, 0.4) is 0 Å². The van der Waals surface area contributed by atoms with E-state index >= 15 is 0 Å². The first-order chi connectivity index (χ1) is 10.1. The first-order valence-electron chi connectivity index (χ1n) is 6.80. The summed E-state index contributed by atoms with van der Waals surface area (Å²) in [5.74, 6) is 0.401. The molecule has 0 radical (unpaired) electrons. The Bertz CT molecular complexity index is 612. The van der Waals surface area contributed by atoms with Crippen LogP contribution in [0.2, 0.25) is 0 Å². The van der Waals surface area contributed by atoms with Crippen LogP contribution in [0, 0.1) is 0 Å². The first-order valence-corrected chi connectivity index (χ1v) is 7.62. The normalized spacial score (nSPS) is 11.9. The second-order valence-corrected chi connectivity index (χ2v) is 5.82. The Labute approximate surface area is 128 Å². The van der Waals surface area contributed by atoms with E-state index in [0.29, 0.717) is 11.4 Å². The van der Waals surface area contributed by atoms with Crippen molar-refractivity contribution in [2.24, 2.45) is 0 Å². The van der Waals surface area contributed by atoms with E-state index in [9.17, 15) is 4.79 Å². The third-order valence-corrected chi connectivity index (χ3v) is 4.22. The monoisotopic (exact) mass is 305 g/mol. The largest absolute Gasteiger partial charge is 0.484 e. The summed E-state index contributed by atoms with van der Waals surface area (Å²) in [7, 11) is 0. The van der Waals surface area contributed by atoms with Crippen LogP contribution in [0.25, 0.3) is 0 Å². The second kappa shape index (κ2) is 7.08. The van der Waals surface area contributed by atoms with Gasteiger partial charge in [0, 0.05) is 22.8 Å². The molecule has 3 N–H and O–H groups in total. The minimum Gasteiger partial charge on any atom is -0.484 e.